The van der Waals surface area contributed by atoms with Crippen LogP contribution in [0.25, 0.3) is 0 Å². The second-order valence-electron chi connectivity index (χ2n) is 3.90. The Bertz CT molecular complexity index is 612. The molecule has 7 heteroatoms. The number of hydrogen-bond acceptors (Lipinski definition) is 4. The first kappa shape index (κ1) is 14.7. The number of carbonyl (C=O) groups is 1. The Morgan fingerprint density at radius 1 is 1.40 bits per heavy atom. The van der Waals surface area contributed by atoms with Crippen molar-refractivity contribution in [2.75, 3.05) is 5.32 Å². The minimum atomic E-state index is -0.570. The van der Waals surface area contributed by atoms with Gasteiger partial charge in [-0.15, -0.1) is 0 Å². The number of halogens is 2. The monoisotopic (exact) mass is 311 g/mol. The number of amides is 1. The number of thioether (sulfide) groups is 1. The van der Waals surface area contributed by atoms with Gasteiger partial charge >= 0.3 is 0 Å². The zero-order chi connectivity index (χ0) is 14.5. The highest BCUT2D eigenvalue weighted by atomic mass is 35.5. The van der Waals surface area contributed by atoms with E-state index >= 15 is 0 Å². The van der Waals surface area contributed by atoms with Gasteiger partial charge in [0.1, 0.15) is 5.82 Å². The van der Waals surface area contributed by atoms with Crippen LogP contribution < -0.4 is 5.32 Å². The molecule has 4 nitrogen and oxygen atoms in total. The van der Waals surface area contributed by atoms with E-state index in [-0.39, 0.29) is 16.6 Å². The second-order valence-corrected chi connectivity index (χ2v) is 5.65. The average Bonchev–Trinajstić information content (AvgIpc) is 2.43. The molecule has 1 amide bonds. The Balaban J connectivity index is 2.01. The SMILES string of the molecule is CC(Sc1ncccn1)C(=O)Nc1ccc(Cl)cc1F. The van der Waals surface area contributed by atoms with E-state index in [0.717, 1.165) is 6.07 Å². The fourth-order valence-electron chi connectivity index (χ4n) is 1.38. The number of nitrogens with zero attached hydrogens (tertiary/aromatic N) is 2. The maximum absolute atomic E-state index is 13.6. The minimum Gasteiger partial charge on any atom is -0.323 e. The lowest BCUT2D eigenvalue weighted by molar-refractivity contribution is -0.115. The second kappa shape index (κ2) is 6.67. The van der Waals surface area contributed by atoms with Crippen LogP contribution in [-0.2, 0) is 4.79 Å². The number of benzene rings is 1. The Morgan fingerprint density at radius 3 is 2.75 bits per heavy atom. The molecule has 2 rings (SSSR count). The molecule has 0 spiro atoms. The minimum absolute atomic E-state index is 0.0980. The summed E-state index contributed by atoms with van der Waals surface area (Å²) in [6.45, 7) is 1.70. The standard InChI is InChI=1S/C13H11ClFN3OS/c1-8(20-13-16-5-2-6-17-13)12(19)18-11-4-3-9(14)7-10(11)15/h2-8H,1H3,(H,18,19). The summed E-state index contributed by atoms with van der Waals surface area (Å²) < 4.78 is 13.6. The Morgan fingerprint density at radius 2 is 2.10 bits per heavy atom. The molecule has 0 fully saturated rings. The highest BCUT2D eigenvalue weighted by molar-refractivity contribution is 8.00. The van der Waals surface area contributed by atoms with Gasteiger partial charge in [-0.05, 0) is 31.2 Å². The molecule has 1 aromatic carbocycles. The van der Waals surface area contributed by atoms with Crippen LogP contribution in [0.4, 0.5) is 10.1 Å². The summed E-state index contributed by atoms with van der Waals surface area (Å²) in [4.78, 5) is 20.0. The molecular formula is C13H11ClFN3OS. The van der Waals surface area contributed by atoms with Crippen LogP contribution in [0.1, 0.15) is 6.92 Å². The van der Waals surface area contributed by atoms with Crippen LogP contribution in [0, 0.1) is 5.82 Å². The van der Waals surface area contributed by atoms with Crippen molar-refractivity contribution in [3.63, 3.8) is 0 Å². The van der Waals surface area contributed by atoms with Gasteiger partial charge < -0.3 is 5.32 Å². The van der Waals surface area contributed by atoms with Crippen LogP contribution in [0.2, 0.25) is 5.02 Å². The van der Waals surface area contributed by atoms with Gasteiger partial charge in [0.15, 0.2) is 5.16 Å². The van der Waals surface area contributed by atoms with Crippen molar-refractivity contribution in [3.8, 4) is 0 Å². The molecule has 1 aromatic heterocycles. The first-order valence-corrected chi connectivity index (χ1v) is 7.01. The lowest BCUT2D eigenvalue weighted by Gasteiger charge is -2.11. The molecule has 1 atom stereocenters. The highest BCUT2D eigenvalue weighted by Crippen LogP contribution is 2.22. The number of rotatable bonds is 4. The van der Waals surface area contributed by atoms with Crippen LogP contribution in [0.5, 0.6) is 0 Å². The van der Waals surface area contributed by atoms with Crippen molar-refractivity contribution in [2.45, 2.75) is 17.3 Å². The molecule has 1 heterocycles. The Kier molecular flexibility index (Phi) is 4.92. The summed E-state index contributed by atoms with van der Waals surface area (Å²) >= 11 is 6.85. The van der Waals surface area contributed by atoms with E-state index < -0.39 is 11.1 Å². The summed E-state index contributed by atoms with van der Waals surface area (Å²) in [7, 11) is 0. The zero-order valence-electron chi connectivity index (χ0n) is 10.5. The van der Waals surface area contributed by atoms with E-state index in [4.69, 9.17) is 11.6 Å². The van der Waals surface area contributed by atoms with Crippen LogP contribution in [-0.4, -0.2) is 21.1 Å². The predicted molar refractivity (Wildman–Crippen MR) is 77.4 cm³/mol. The summed E-state index contributed by atoms with van der Waals surface area (Å²) in [5.74, 6) is -0.900. The van der Waals surface area contributed by atoms with Crippen molar-refractivity contribution in [3.05, 3.63) is 47.5 Å². The van der Waals surface area contributed by atoms with Crippen LogP contribution >= 0.6 is 23.4 Å². The van der Waals surface area contributed by atoms with Crippen molar-refractivity contribution in [2.24, 2.45) is 0 Å². The van der Waals surface area contributed by atoms with Crippen molar-refractivity contribution in [1.29, 1.82) is 0 Å². The van der Waals surface area contributed by atoms with Crippen molar-refractivity contribution in [1.82, 2.24) is 9.97 Å². The summed E-state index contributed by atoms with van der Waals surface area (Å²) in [5, 5.41) is 2.83. The average molecular weight is 312 g/mol. The normalized spacial score (nSPS) is 11.9. The molecule has 0 saturated carbocycles. The molecule has 0 aliphatic rings. The van der Waals surface area contributed by atoms with E-state index in [0.29, 0.717) is 5.16 Å². The summed E-state index contributed by atoms with van der Waals surface area (Å²) in [5.41, 5.74) is 0.0980. The van der Waals surface area contributed by atoms with Gasteiger partial charge in [0.05, 0.1) is 10.9 Å². The number of nitrogens with one attached hydrogen (secondary N) is 1. The Labute approximate surface area is 124 Å². The quantitative estimate of drug-likeness (QED) is 0.694. The topological polar surface area (TPSA) is 54.9 Å². The van der Waals surface area contributed by atoms with E-state index in [2.05, 4.69) is 15.3 Å². The molecule has 0 aliphatic carbocycles. The molecule has 1 unspecified atom stereocenters. The summed E-state index contributed by atoms with van der Waals surface area (Å²) in [6.07, 6.45) is 3.19. The maximum atomic E-state index is 13.6. The van der Waals surface area contributed by atoms with Crippen molar-refractivity contribution < 1.29 is 9.18 Å². The molecule has 1 N–H and O–H groups in total. The third-order valence-electron chi connectivity index (χ3n) is 2.38. The molecule has 2 aromatic rings. The van der Waals surface area contributed by atoms with E-state index in [1.807, 2.05) is 0 Å². The molecule has 0 bridgehead atoms. The van der Waals surface area contributed by atoms with Crippen LogP contribution in [0.3, 0.4) is 0 Å². The molecule has 0 aliphatic heterocycles. The number of carbonyl (C=O) groups excluding carboxylic acids is 1. The van der Waals surface area contributed by atoms with Gasteiger partial charge in [-0.1, -0.05) is 23.4 Å². The number of aromatic nitrogens is 2. The third kappa shape index (κ3) is 3.91. The smallest absolute Gasteiger partial charge is 0.237 e. The molecule has 0 saturated heterocycles. The third-order valence-corrected chi connectivity index (χ3v) is 3.61. The summed E-state index contributed by atoms with van der Waals surface area (Å²) in [6, 6.07) is 5.78. The largest absolute Gasteiger partial charge is 0.323 e. The Hall–Kier alpha value is -1.66. The van der Waals surface area contributed by atoms with Gasteiger partial charge in [-0.3, -0.25) is 4.79 Å². The zero-order valence-corrected chi connectivity index (χ0v) is 12.1. The van der Waals surface area contributed by atoms with Gasteiger partial charge in [-0.2, -0.15) is 0 Å². The maximum Gasteiger partial charge on any atom is 0.237 e. The lowest BCUT2D eigenvalue weighted by Crippen LogP contribution is -2.23. The fourth-order valence-corrected chi connectivity index (χ4v) is 2.27. The fraction of sp³-hybridized carbons (Fsp3) is 0.154. The van der Waals surface area contributed by atoms with Crippen LogP contribution in [0.15, 0.2) is 41.8 Å². The number of anilines is 1. The van der Waals surface area contributed by atoms with Gasteiger partial charge in [-0.25, -0.2) is 14.4 Å². The van der Waals surface area contributed by atoms with Gasteiger partial charge in [0, 0.05) is 17.4 Å². The van der Waals surface area contributed by atoms with E-state index in [1.54, 1.807) is 25.4 Å². The van der Waals surface area contributed by atoms with Crippen molar-refractivity contribution >= 4 is 35.0 Å². The highest BCUT2D eigenvalue weighted by Gasteiger charge is 2.17. The van der Waals surface area contributed by atoms with E-state index in [1.165, 1.54) is 23.9 Å². The lowest BCUT2D eigenvalue weighted by atomic mass is 10.3. The van der Waals surface area contributed by atoms with Gasteiger partial charge in [0.25, 0.3) is 0 Å². The van der Waals surface area contributed by atoms with Gasteiger partial charge in [0.2, 0.25) is 5.91 Å². The number of hydrogen-bond donors (Lipinski definition) is 1. The first-order chi connectivity index (χ1) is 9.56. The molecule has 104 valence electrons. The molecule has 20 heavy (non-hydrogen) atoms. The predicted octanol–water partition coefficient (Wildman–Crippen LogP) is 3.39. The molecule has 0 radical (unpaired) electrons. The van der Waals surface area contributed by atoms with E-state index in [9.17, 15) is 9.18 Å². The molecular weight excluding hydrogens is 301 g/mol. The first-order valence-electron chi connectivity index (χ1n) is 5.76.